The average Bonchev–Trinajstić information content (AvgIpc) is 3.85. The molecule has 13 heteroatoms. The lowest BCUT2D eigenvalue weighted by molar-refractivity contribution is 0.0180. The number of fused-ring (bicyclic) bond motifs is 3. The third kappa shape index (κ3) is 9.28. The van der Waals surface area contributed by atoms with Crippen LogP contribution in [0.3, 0.4) is 0 Å². The zero-order valence-electron chi connectivity index (χ0n) is 33.5. The van der Waals surface area contributed by atoms with E-state index in [1.165, 1.54) is 15.0 Å². The Hall–Kier alpha value is -4.59. The summed E-state index contributed by atoms with van der Waals surface area (Å²) in [7, 11) is 2.65. The van der Waals surface area contributed by atoms with Crippen molar-refractivity contribution in [2.24, 2.45) is 10.9 Å². The topological polar surface area (TPSA) is 103 Å². The van der Waals surface area contributed by atoms with Crippen LogP contribution in [0.5, 0.6) is 0 Å². The summed E-state index contributed by atoms with van der Waals surface area (Å²) in [6.07, 6.45) is 10.5. The van der Waals surface area contributed by atoms with Gasteiger partial charge in [-0.05, 0) is 87.2 Å². The fourth-order valence-corrected chi connectivity index (χ4v) is 8.89. The number of aliphatic imine (C=N–C) groups is 1. The highest BCUT2D eigenvalue weighted by Gasteiger charge is 2.27. The van der Waals surface area contributed by atoms with E-state index < -0.39 is 13.7 Å². The van der Waals surface area contributed by atoms with Crippen LogP contribution < -0.4 is 0 Å². The van der Waals surface area contributed by atoms with E-state index in [9.17, 15) is 4.79 Å². The molecule has 0 unspecified atom stereocenters. The molecule has 0 radical (unpaired) electrons. The van der Waals surface area contributed by atoms with Gasteiger partial charge in [-0.25, -0.2) is 24.4 Å². The van der Waals surface area contributed by atoms with Crippen LogP contribution in [0, 0.1) is 5.92 Å². The lowest BCUT2D eigenvalue weighted by atomic mass is 9.94. The number of ether oxygens (including phenoxy) is 2. The lowest BCUT2D eigenvalue weighted by Crippen LogP contribution is -2.41. The molecule has 1 amide bonds. The quantitative estimate of drug-likeness (QED) is 0.0528. The van der Waals surface area contributed by atoms with E-state index in [2.05, 4.69) is 82.8 Å². The molecule has 0 spiro atoms. The number of carbonyl (C=O) groups excluding carboxylic acids is 1. The molecule has 0 N–H and O–H groups in total. The molecule has 11 nitrogen and oxygen atoms in total. The van der Waals surface area contributed by atoms with Crippen molar-refractivity contribution in [3.63, 3.8) is 0 Å². The highest BCUT2D eigenvalue weighted by Crippen LogP contribution is 2.41. The molecule has 0 saturated carbocycles. The summed E-state index contributed by atoms with van der Waals surface area (Å²) in [5, 5.41) is 7.14. The summed E-state index contributed by atoms with van der Waals surface area (Å²) in [5.41, 5.74) is 5.63. The Kier molecular flexibility index (Phi) is 11.2. The summed E-state index contributed by atoms with van der Waals surface area (Å²) < 4.78 is 17.4. The maximum Gasteiger partial charge on any atom is 0.410 e. The molecule has 1 fully saturated rings. The number of hydrogen-bond donors (Lipinski definition) is 0. The van der Waals surface area contributed by atoms with E-state index in [1.807, 2.05) is 61.7 Å². The van der Waals surface area contributed by atoms with Crippen molar-refractivity contribution in [3.05, 3.63) is 61.1 Å². The number of thiophene rings is 1. The zero-order valence-corrected chi connectivity index (χ0v) is 35.3. The van der Waals surface area contributed by atoms with Crippen molar-refractivity contribution in [1.29, 1.82) is 0 Å². The normalized spacial score (nSPS) is 14.6. The van der Waals surface area contributed by atoms with E-state index in [1.54, 1.807) is 17.7 Å². The van der Waals surface area contributed by atoms with Gasteiger partial charge in [0.05, 0.1) is 29.8 Å². The van der Waals surface area contributed by atoms with Crippen LogP contribution in [0.2, 0.25) is 25.7 Å². The van der Waals surface area contributed by atoms with Gasteiger partial charge >= 0.3 is 6.09 Å². The van der Waals surface area contributed by atoms with Gasteiger partial charge in [0.1, 0.15) is 17.8 Å². The Morgan fingerprint density at radius 2 is 1.84 bits per heavy atom. The highest BCUT2D eigenvalue weighted by molar-refractivity contribution is 7.22. The Balaban J connectivity index is 1.24. The van der Waals surface area contributed by atoms with Crippen molar-refractivity contribution in [1.82, 2.24) is 34.1 Å². The predicted octanol–water partition coefficient (Wildman–Crippen LogP) is 9.90. The summed E-state index contributed by atoms with van der Waals surface area (Å²) in [5.74, 6) is 0.919. The second-order valence-corrected chi connectivity index (χ2v) is 23.9. The first-order valence-electron chi connectivity index (χ1n) is 19.3. The number of piperidine rings is 1. The van der Waals surface area contributed by atoms with Crippen LogP contribution in [-0.2, 0) is 22.7 Å². The Labute approximate surface area is 329 Å². The average molecular weight is 779 g/mol. The minimum absolute atomic E-state index is 0.219. The number of amides is 1. The van der Waals surface area contributed by atoms with Crippen LogP contribution >= 0.6 is 11.3 Å². The molecule has 7 rings (SSSR count). The van der Waals surface area contributed by atoms with E-state index in [-0.39, 0.29) is 6.09 Å². The van der Waals surface area contributed by atoms with Gasteiger partial charge in [0, 0.05) is 80.7 Å². The number of likely N-dealkylation sites (tertiary alicyclic amines) is 1. The first-order valence-corrected chi connectivity index (χ1v) is 23.8. The second kappa shape index (κ2) is 15.9. The molecule has 0 atom stereocenters. The smallest absolute Gasteiger partial charge is 0.410 e. The third-order valence-corrected chi connectivity index (χ3v) is 12.9. The van der Waals surface area contributed by atoms with Crippen LogP contribution in [0.4, 0.5) is 10.7 Å². The summed E-state index contributed by atoms with van der Waals surface area (Å²) >= 11 is 1.80. The number of hydrogen-bond acceptors (Lipinski definition) is 8. The minimum atomic E-state index is -1.22. The standard InChI is InChI=1S/C42H54N8O3SSi/c1-42(2,3)53-41(51)48-16-13-29(14-17-48)15-18-49-26-34(38-35(49)25-43-40(46-38)44-27-47(4)5)31-21-32-24-45-50(28-52-19-20-55(6,7)8)39(32)33(22-31)37-23-30-11-9-10-12-36(30)54-37/h9-12,21-27,29H,13-20,28H2,1-8H3. The third-order valence-electron chi connectivity index (χ3n) is 10.0. The molecule has 5 heterocycles. The monoisotopic (exact) mass is 778 g/mol. The van der Waals surface area contributed by atoms with Gasteiger partial charge in [-0.1, -0.05) is 37.8 Å². The summed E-state index contributed by atoms with van der Waals surface area (Å²) in [4.78, 5) is 31.9. The summed E-state index contributed by atoms with van der Waals surface area (Å²) in [6, 6.07) is 16.5. The molecule has 55 heavy (non-hydrogen) atoms. The van der Waals surface area contributed by atoms with Crippen molar-refractivity contribution in [3.8, 4) is 21.6 Å². The van der Waals surface area contributed by atoms with Gasteiger partial charge in [-0.2, -0.15) is 5.10 Å². The van der Waals surface area contributed by atoms with Crippen LogP contribution in [-0.4, -0.2) is 94.0 Å². The Morgan fingerprint density at radius 3 is 2.56 bits per heavy atom. The molecule has 0 aliphatic carbocycles. The number of aryl methyl sites for hydroxylation is 1. The van der Waals surface area contributed by atoms with E-state index in [4.69, 9.17) is 19.6 Å². The fraction of sp³-hybridized carbons (Fsp3) is 0.452. The lowest BCUT2D eigenvalue weighted by Gasteiger charge is -2.33. The molecule has 0 bridgehead atoms. The number of carbonyl (C=O) groups is 1. The van der Waals surface area contributed by atoms with Gasteiger partial charge in [0.15, 0.2) is 0 Å². The molecular formula is C42H54N8O3SSi. The molecule has 1 saturated heterocycles. The summed E-state index contributed by atoms with van der Waals surface area (Å²) in [6.45, 7) is 16.2. The highest BCUT2D eigenvalue weighted by atomic mass is 32.1. The maximum absolute atomic E-state index is 12.7. The minimum Gasteiger partial charge on any atom is -0.444 e. The van der Waals surface area contributed by atoms with Gasteiger partial charge in [-0.15, -0.1) is 11.3 Å². The van der Waals surface area contributed by atoms with Crippen molar-refractivity contribution < 1.29 is 14.3 Å². The number of rotatable bonds is 12. The molecule has 1 aliphatic heterocycles. The number of aromatic nitrogens is 5. The van der Waals surface area contributed by atoms with Crippen LogP contribution in [0.1, 0.15) is 40.0 Å². The molecule has 290 valence electrons. The number of nitrogens with zero attached hydrogens (tertiary/aromatic N) is 8. The first kappa shape index (κ1) is 38.7. The van der Waals surface area contributed by atoms with Gasteiger partial charge in [-0.3, -0.25) is 0 Å². The molecular weight excluding hydrogens is 725 g/mol. The Bertz CT molecular complexity index is 2290. The van der Waals surface area contributed by atoms with E-state index in [0.717, 1.165) is 77.1 Å². The van der Waals surface area contributed by atoms with Gasteiger partial charge < -0.3 is 23.8 Å². The molecule has 2 aromatic carbocycles. The molecule has 6 aromatic rings. The van der Waals surface area contributed by atoms with Gasteiger partial charge in [0.2, 0.25) is 0 Å². The zero-order chi connectivity index (χ0) is 38.9. The Morgan fingerprint density at radius 1 is 1.05 bits per heavy atom. The fourth-order valence-electron chi connectivity index (χ4n) is 7.06. The predicted molar refractivity (Wildman–Crippen MR) is 228 cm³/mol. The maximum atomic E-state index is 12.7. The van der Waals surface area contributed by atoms with E-state index in [0.29, 0.717) is 31.7 Å². The van der Waals surface area contributed by atoms with E-state index >= 15 is 0 Å². The van der Waals surface area contributed by atoms with Crippen molar-refractivity contribution >= 4 is 69.8 Å². The SMILES string of the molecule is CN(C)C=Nc1ncc2c(n1)c(-c1cc(-c3cc4ccccc4s3)c3c(cnn3COCC[Si](C)(C)C)c1)cn2CCC1CCN(C(=O)OC(C)(C)C)CC1. The molecule has 4 aromatic heterocycles. The van der Waals surface area contributed by atoms with Crippen molar-refractivity contribution in [2.45, 2.75) is 84.6 Å². The van der Waals surface area contributed by atoms with Crippen molar-refractivity contribution in [2.75, 3.05) is 33.8 Å². The van der Waals surface area contributed by atoms with Crippen LogP contribution in [0.15, 0.2) is 66.0 Å². The van der Waals surface area contributed by atoms with Crippen LogP contribution in [0.25, 0.3) is 53.6 Å². The molecule has 1 aliphatic rings. The second-order valence-electron chi connectivity index (χ2n) is 17.1. The number of benzene rings is 2. The first-order chi connectivity index (χ1) is 26.2. The largest absolute Gasteiger partial charge is 0.444 e. The van der Waals surface area contributed by atoms with Gasteiger partial charge in [0.25, 0.3) is 5.95 Å².